The van der Waals surface area contributed by atoms with Gasteiger partial charge in [-0.05, 0) is 60.2 Å². The number of pyridine rings is 1. The average Bonchev–Trinajstić information content (AvgIpc) is 2.70. The third-order valence-corrected chi connectivity index (χ3v) is 3.73. The van der Waals surface area contributed by atoms with Gasteiger partial charge in [-0.2, -0.15) is 0 Å². The second-order valence-corrected chi connectivity index (χ2v) is 5.74. The lowest BCUT2D eigenvalue weighted by molar-refractivity contribution is -0.384. The molecule has 0 bridgehead atoms. The first-order valence-electron chi connectivity index (χ1n) is 8.26. The molecular formula is C20H16N4O4. The summed E-state index contributed by atoms with van der Waals surface area (Å²) in [5.41, 5.74) is 1.83. The van der Waals surface area contributed by atoms with Gasteiger partial charge >= 0.3 is 0 Å². The molecule has 2 aromatic carbocycles. The molecule has 3 aromatic rings. The molecule has 0 aliphatic rings. The van der Waals surface area contributed by atoms with Gasteiger partial charge in [-0.1, -0.05) is 0 Å². The topological polar surface area (TPSA) is 117 Å². The lowest BCUT2D eigenvalue weighted by Crippen LogP contribution is -2.10. The van der Waals surface area contributed by atoms with Crippen LogP contribution in [0.3, 0.4) is 0 Å². The number of nitrogens with zero attached hydrogens (tertiary/aromatic N) is 2. The highest BCUT2D eigenvalue weighted by Crippen LogP contribution is 2.24. The smallest absolute Gasteiger partial charge is 0.269 e. The zero-order valence-electron chi connectivity index (χ0n) is 14.6. The number of rotatable bonds is 6. The van der Waals surface area contributed by atoms with Crippen molar-refractivity contribution >= 4 is 34.9 Å². The van der Waals surface area contributed by atoms with Crippen molar-refractivity contribution in [1.82, 2.24) is 4.98 Å². The highest BCUT2D eigenvalue weighted by Gasteiger charge is 2.07. The highest BCUT2D eigenvalue weighted by molar-refractivity contribution is 6.03. The van der Waals surface area contributed by atoms with Crippen LogP contribution in [0.5, 0.6) is 5.75 Å². The summed E-state index contributed by atoms with van der Waals surface area (Å²) in [5.74, 6) is 0.224. The third kappa shape index (κ3) is 4.92. The van der Waals surface area contributed by atoms with Crippen molar-refractivity contribution in [3.8, 4) is 5.75 Å². The predicted octanol–water partition coefficient (Wildman–Crippen LogP) is 4.09. The molecule has 0 atom stereocenters. The minimum Gasteiger partial charge on any atom is -0.508 e. The zero-order valence-corrected chi connectivity index (χ0v) is 14.6. The monoisotopic (exact) mass is 376 g/mol. The fourth-order valence-corrected chi connectivity index (χ4v) is 2.34. The summed E-state index contributed by atoms with van der Waals surface area (Å²) in [4.78, 5) is 26.6. The van der Waals surface area contributed by atoms with Crippen LogP contribution in [0.25, 0.3) is 6.08 Å². The van der Waals surface area contributed by atoms with Crippen LogP contribution >= 0.6 is 0 Å². The molecule has 0 radical (unpaired) electrons. The molecule has 0 spiro atoms. The first kappa shape index (κ1) is 18.6. The summed E-state index contributed by atoms with van der Waals surface area (Å²) in [6, 6.07) is 15.7. The molecule has 0 saturated carbocycles. The van der Waals surface area contributed by atoms with E-state index in [1.165, 1.54) is 30.3 Å². The SMILES string of the molecule is O=C(/C=C/c1ccc([N+](=O)[O-])cc1)Nc1cccnc1Nc1ccc(O)cc1. The number of non-ortho nitro benzene ring substituents is 1. The number of aromatic hydroxyl groups is 1. The Morgan fingerprint density at radius 3 is 2.46 bits per heavy atom. The van der Waals surface area contributed by atoms with E-state index in [2.05, 4.69) is 15.6 Å². The summed E-state index contributed by atoms with van der Waals surface area (Å²) in [5, 5.41) is 25.8. The Balaban J connectivity index is 1.68. The van der Waals surface area contributed by atoms with E-state index in [1.54, 1.807) is 48.7 Å². The van der Waals surface area contributed by atoms with Crippen LogP contribution < -0.4 is 10.6 Å². The van der Waals surface area contributed by atoms with Crippen molar-refractivity contribution in [2.75, 3.05) is 10.6 Å². The molecule has 8 heteroatoms. The van der Waals surface area contributed by atoms with Crippen LogP contribution in [0.1, 0.15) is 5.56 Å². The van der Waals surface area contributed by atoms with Gasteiger partial charge in [-0.25, -0.2) is 4.98 Å². The number of phenols is 1. The molecule has 0 aliphatic heterocycles. The number of hydrogen-bond acceptors (Lipinski definition) is 6. The van der Waals surface area contributed by atoms with Crippen LogP contribution in [0.15, 0.2) is 72.9 Å². The Morgan fingerprint density at radius 2 is 1.79 bits per heavy atom. The third-order valence-electron chi connectivity index (χ3n) is 3.73. The van der Waals surface area contributed by atoms with Gasteiger partial charge < -0.3 is 15.7 Å². The van der Waals surface area contributed by atoms with Crippen molar-refractivity contribution in [2.45, 2.75) is 0 Å². The van der Waals surface area contributed by atoms with E-state index in [0.29, 0.717) is 22.8 Å². The molecule has 3 N–H and O–H groups in total. The van der Waals surface area contributed by atoms with Gasteiger partial charge in [0.25, 0.3) is 5.69 Å². The number of benzene rings is 2. The maximum absolute atomic E-state index is 12.2. The molecule has 3 rings (SSSR count). The molecule has 28 heavy (non-hydrogen) atoms. The van der Waals surface area contributed by atoms with Gasteiger partial charge in [0.1, 0.15) is 5.75 Å². The van der Waals surface area contributed by atoms with Gasteiger partial charge in [0.15, 0.2) is 5.82 Å². The van der Waals surface area contributed by atoms with E-state index in [4.69, 9.17) is 0 Å². The molecule has 0 saturated heterocycles. The number of nitrogens with one attached hydrogen (secondary N) is 2. The van der Waals surface area contributed by atoms with Gasteiger partial charge in [0.05, 0.1) is 10.6 Å². The number of hydrogen-bond donors (Lipinski definition) is 3. The number of carbonyl (C=O) groups excluding carboxylic acids is 1. The van der Waals surface area contributed by atoms with Crippen molar-refractivity contribution < 1.29 is 14.8 Å². The predicted molar refractivity (Wildman–Crippen MR) is 106 cm³/mol. The van der Waals surface area contributed by atoms with Crippen LogP contribution in [0.2, 0.25) is 0 Å². The average molecular weight is 376 g/mol. The van der Waals surface area contributed by atoms with E-state index in [-0.39, 0.29) is 17.3 Å². The second-order valence-electron chi connectivity index (χ2n) is 5.74. The second kappa shape index (κ2) is 8.45. The zero-order chi connectivity index (χ0) is 19.9. The molecule has 140 valence electrons. The first-order valence-corrected chi connectivity index (χ1v) is 8.26. The maximum atomic E-state index is 12.2. The van der Waals surface area contributed by atoms with E-state index >= 15 is 0 Å². The molecule has 8 nitrogen and oxygen atoms in total. The van der Waals surface area contributed by atoms with Crippen LogP contribution in [0.4, 0.5) is 22.9 Å². The first-order chi connectivity index (χ1) is 13.5. The Labute approximate surface area is 160 Å². The highest BCUT2D eigenvalue weighted by atomic mass is 16.6. The van der Waals surface area contributed by atoms with E-state index < -0.39 is 4.92 Å². The Morgan fingerprint density at radius 1 is 1.07 bits per heavy atom. The Hall–Kier alpha value is -4.20. The quantitative estimate of drug-likeness (QED) is 0.258. The van der Waals surface area contributed by atoms with Gasteiger partial charge in [0, 0.05) is 30.1 Å². The number of aromatic nitrogens is 1. The number of phenolic OH excluding ortho intramolecular Hbond substituents is 1. The van der Waals surface area contributed by atoms with Gasteiger partial charge in [-0.3, -0.25) is 14.9 Å². The Bertz CT molecular complexity index is 1020. The molecule has 1 heterocycles. The molecule has 0 fully saturated rings. The van der Waals surface area contributed by atoms with Crippen LogP contribution in [-0.4, -0.2) is 20.9 Å². The van der Waals surface area contributed by atoms with Crippen LogP contribution in [0, 0.1) is 10.1 Å². The molecule has 1 amide bonds. The molecule has 0 aliphatic carbocycles. The summed E-state index contributed by atoms with van der Waals surface area (Å²) in [7, 11) is 0. The van der Waals surface area contributed by atoms with E-state index in [1.807, 2.05) is 0 Å². The standard InChI is InChI=1S/C20H16N4O4/c25-17-10-6-15(7-11-17)22-20-18(2-1-13-21-20)23-19(26)12-5-14-3-8-16(9-4-14)24(27)28/h1-13,25H,(H,21,22)(H,23,26)/b12-5+. The van der Waals surface area contributed by atoms with Crippen molar-refractivity contribution in [3.63, 3.8) is 0 Å². The minimum atomic E-state index is -0.481. The van der Waals surface area contributed by atoms with Crippen molar-refractivity contribution in [1.29, 1.82) is 0 Å². The summed E-state index contributed by atoms with van der Waals surface area (Å²) in [6.45, 7) is 0. The lowest BCUT2D eigenvalue weighted by atomic mass is 10.2. The largest absolute Gasteiger partial charge is 0.508 e. The number of carbonyl (C=O) groups is 1. The Kier molecular flexibility index (Phi) is 5.61. The summed E-state index contributed by atoms with van der Waals surface area (Å²) < 4.78 is 0. The number of nitro benzene ring substituents is 1. The van der Waals surface area contributed by atoms with E-state index in [0.717, 1.165) is 0 Å². The van der Waals surface area contributed by atoms with Gasteiger partial charge in [-0.15, -0.1) is 0 Å². The summed E-state index contributed by atoms with van der Waals surface area (Å²) >= 11 is 0. The van der Waals surface area contributed by atoms with E-state index in [9.17, 15) is 20.0 Å². The number of amides is 1. The molecular weight excluding hydrogens is 360 g/mol. The van der Waals surface area contributed by atoms with Crippen molar-refractivity contribution in [3.05, 3.63) is 88.6 Å². The number of nitro groups is 1. The molecule has 1 aromatic heterocycles. The maximum Gasteiger partial charge on any atom is 0.269 e. The number of anilines is 3. The normalized spacial score (nSPS) is 10.6. The lowest BCUT2D eigenvalue weighted by Gasteiger charge is -2.11. The van der Waals surface area contributed by atoms with Gasteiger partial charge in [0.2, 0.25) is 5.91 Å². The van der Waals surface area contributed by atoms with Crippen molar-refractivity contribution in [2.24, 2.45) is 0 Å². The minimum absolute atomic E-state index is 0.0121. The fourth-order valence-electron chi connectivity index (χ4n) is 2.34. The van der Waals surface area contributed by atoms with Crippen LogP contribution in [-0.2, 0) is 4.79 Å². The fraction of sp³-hybridized carbons (Fsp3) is 0. The molecule has 0 unspecified atom stereocenters. The summed E-state index contributed by atoms with van der Waals surface area (Å²) in [6.07, 6.45) is 4.48.